The molecule has 0 aliphatic carbocycles. The first-order valence-electron chi connectivity index (χ1n) is 5.83. The molecule has 2 fully saturated rings. The van der Waals surface area contributed by atoms with Crippen molar-refractivity contribution in [1.82, 2.24) is 10.3 Å². The molecule has 0 aromatic carbocycles. The van der Waals surface area contributed by atoms with E-state index in [4.69, 9.17) is 9.72 Å². The van der Waals surface area contributed by atoms with Gasteiger partial charge in [0.15, 0.2) is 0 Å². The van der Waals surface area contributed by atoms with E-state index < -0.39 is 0 Å². The van der Waals surface area contributed by atoms with E-state index in [9.17, 15) is 0 Å². The van der Waals surface area contributed by atoms with Crippen LogP contribution in [0.5, 0.6) is 0 Å². The highest BCUT2D eigenvalue weighted by molar-refractivity contribution is 7.09. The minimum atomic E-state index is -0.112. The molecule has 0 amide bonds. The van der Waals surface area contributed by atoms with Crippen molar-refractivity contribution in [3.8, 4) is 0 Å². The number of hydrogen-bond acceptors (Lipinski definition) is 4. The number of nitrogens with one attached hydrogen (secondary N) is 1. The van der Waals surface area contributed by atoms with Crippen LogP contribution in [0.4, 0.5) is 0 Å². The molecule has 0 saturated carbocycles. The lowest BCUT2D eigenvalue weighted by Crippen LogP contribution is -2.37. The number of fused-ring (bicyclic) bond motifs is 2. The Morgan fingerprint density at radius 3 is 2.81 bits per heavy atom. The van der Waals surface area contributed by atoms with Crippen LogP contribution < -0.4 is 5.32 Å². The molecule has 2 atom stereocenters. The molecule has 3 nitrogen and oxygen atoms in total. The van der Waals surface area contributed by atoms with Gasteiger partial charge in [0.1, 0.15) is 10.6 Å². The molecule has 2 saturated heterocycles. The van der Waals surface area contributed by atoms with Gasteiger partial charge in [0, 0.05) is 29.8 Å². The Bertz CT molecular complexity index is 399. The Balaban J connectivity index is 1.93. The van der Waals surface area contributed by atoms with Crippen molar-refractivity contribution >= 4 is 11.3 Å². The van der Waals surface area contributed by atoms with Crippen molar-refractivity contribution in [2.75, 3.05) is 13.2 Å². The van der Waals surface area contributed by atoms with Crippen LogP contribution >= 0.6 is 11.3 Å². The Morgan fingerprint density at radius 1 is 1.56 bits per heavy atom. The molecule has 0 radical (unpaired) electrons. The van der Waals surface area contributed by atoms with Gasteiger partial charge >= 0.3 is 0 Å². The van der Waals surface area contributed by atoms with Crippen molar-refractivity contribution < 1.29 is 4.74 Å². The Kier molecular flexibility index (Phi) is 2.19. The molecule has 2 unspecified atom stereocenters. The number of nitrogens with zero attached hydrogens (tertiary/aromatic N) is 1. The number of hydrogen-bond donors (Lipinski definition) is 1. The van der Waals surface area contributed by atoms with E-state index in [1.54, 1.807) is 11.3 Å². The summed E-state index contributed by atoms with van der Waals surface area (Å²) in [5.74, 6) is 0. The molecule has 2 aliphatic heterocycles. The van der Waals surface area contributed by atoms with Crippen LogP contribution in [0.3, 0.4) is 0 Å². The summed E-state index contributed by atoms with van der Waals surface area (Å²) >= 11 is 1.75. The zero-order chi connectivity index (χ0) is 11.4. The Hall–Kier alpha value is -0.450. The van der Waals surface area contributed by atoms with Crippen LogP contribution in [0, 0.1) is 0 Å². The highest BCUT2D eigenvalue weighted by Gasteiger charge is 2.49. The molecule has 3 rings (SSSR count). The highest BCUT2D eigenvalue weighted by atomic mass is 32.1. The van der Waals surface area contributed by atoms with Crippen LogP contribution in [0.15, 0.2) is 5.38 Å². The third kappa shape index (κ3) is 1.51. The molecular formula is C12H18N2OS. The van der Waals surface area contributed by atoms with Gasteiger partial charge in [0.2, 0.25) is 0 Å². The molecule has 16 heavy (non-hydrogen) atoms. The number of aromatic nitrogens is 1. The molecule has 88 valence electrons. The maximum atomic E-state index is 5.94. The van der Waals surface area contributed by atoms with Gasteiger partial charge in [-0.05, 0) is 0 Å². The second kappa shape index (κ2) is 3.28. The van der Waals surface area contributed by atoms with Crippen molar-refractivity contribution in [3.05, 3.63) is 16.1 Å². The number of morpholine rings is 1. The minimum Gasteiger partial charge on any atom is -0.365 e. The van der Waals surface area contributed by atoms with Crippen LogP contribution in [0.25, 0.3) is 0 Å². The van der Waals surface area contributed by atoms with E-state index in [2.05, 4.69) is 31.5 Å². The summed E-state index contributed by atoms with van der Waals surface area (Å²) < 4.78 is 5.94. The zero-order valence-corrected chi connectivity index (χ0v) is 10.9. The van der Waals surface area contributed by atoms with E-state index in [1.165, 1.54) is 5.69 Å². The van der Waals surface area contributed by atoms with E-state index >= 15 is 0 Å². The quantitative estimate of drug-likeness (QED) is 0.813. The molecule has 0 spiro atoms. The molecule has 4 heteroatoms. The summed E-state index contributed by atoms with van der Waals surface area (Å²) in [4.78, 5) is 4.79. The topological polar surface area (TPSA) is 34.1 Å². The van der Waals surface area contributed by atoms with Crippen LogP contribution in [0.1, 0.15) is 37.9 Å². The molecule has 2 aliphatic rings. The lowest BCUT2D eigenvalue weighted by atomic mass is 9.93. The van der Waals surface area contributed by atoms with E-state index in [0.717, 1.165) is 24.6 Å². The van der Waals surface area contributed by atoms with Crippen molar-refractivity contribution in [2.24, 2.45) is 0 Å². The predicted molar refractivity (Wildman–Crippen MR) is 64.9 cm³/mol. The fourth-order valence-corrected chi connectivity index (χ4v) is 3.60. The van der Waals surface area contributed by atoms with E-state index in [1.807, 2.05) is 0 Å². The number of ether oxygens (including phenoxy) is 1. The first-order chi connectivity index (χ1) is 7.50. The molecule has 1 aromatic heterocycles. The third-order valence-corrected chi connectivity index (χ3v) is 4.50. The molecular weight excluding hydrogens is 220 g/mol. The summed E-state index contributed by atoms with van der Waals surface area (Å²) in [6.07, 6.45) is 1.09. The van der Waals surface area contributed by atoms with Gasteiger partial charge in [-0.3, -0.25) is 0 Å². The Labute approximate surface area is 100 Å². The number of thiazole rings is 1. The summed E-state index contributed by atoms with van der Waals surface area (Å²) in [7, 11) is 0. The average molecular weight is 238 g/mol. The summed E-state index contributed by atoms with van der Waals surface area (Å²) in [5.41, 5.74) is 1.20. The van der Waals surface area contributed by atoms with Gasteiger partial charge in [-0.1, -0.05) is 20.8 Å². The monoisotopic (exact) mass is 238 g/mol. The summed E-state index contributed by atoms with van der Waals surface area (Å²) in [5, 5.41) is 6.82. The molecule has 2 bridgehead atoms. The highest BCUT2D eigenvalue weighted by Crippen LogP contribution is 2.42. The number of rotatable bonds is 1. The van der Waals surface area contributed by atoms with Crippen LogP contribution in [-0.2, 0) is 15.8 Å². The first kappa shape index (κ1) is 10.7. The second-order valence-corrected chi connectivity index (χ2v) is 6.73. The summed E-state index contributed by atoms with van der Waals surface area (Å²) in [6.45, 7) is 8.37. The third-order valence-electron chi connectivity index (χ3n) is 3.48. The van der Waals surface area contributed by atoms with Crippen LogP contribution in [0.2, 0.25) is 0 Å². The minimum absolute atomic E-state index is 0.112. The van der Waals surface area contributed by atoms with Gasteiger partial charge in [0.05, 0.1) is 12.3 Å². The lowest BCUT2D eigenvalue weighted by Gasteiger charge is -2.24. The SMILES string of the molecule is CC(C)(C)c1csc(C23CNC(CO2)C3)n1. The fourth-order valence-electron chi connectivity index (χ4n) is 2.39. The van der Waals surface area contributed by atoms with E-state index in [-0.39, 0.29) is 11.0 Å². The summed E-state index contributed by atoms with van der Waals surface area (Å²) in [6, 6.07) is 0.544. The molecule has 1 aromatic rings. The van der Waals surface area contributed by atoms with Crippen molar-refractivity contribution in [3.63, 3.8) is 0 Å². The largest absolute Gasteiger partial charge is 0.365 e. The standard InChI is InChI=1S/C12H18N2OS/c1-11(2,3)9-6-16-10(14-9)12-4-8(5-15-12)13-7-12/h6,8,13H,4-5,7H2,1-3H3. The van der Waals surface area contributed by atoms with Crippen molar-refractivity contribution in [2.45, 2.75) is 44.2 Å². The average Bonchev–Trinajstić information content (AvgIpc) is 2.92. The van der Waals surface area contributed by atoms with E-state index in [0.29, 0.717) is 6.04 Å². The molecule has 1 N–H and O–H groups in total. The van der Waals surface area contributed by atoms with Crippen LogP contribution in [-0.4, -0.2) is 24.2 Å². The molecule has 3 heterocycles. The maximum Gasteiger partial charge on any atom is 0.133 e. The van der Waals surface area contributed by atoms with Gasteiger partial charge in [0.25, 0.3) is 0 Å². The van der Waals surface area contributed by atoms with Gasteiger partial charge in [-0.15, -0.1) is 11.3 Å². The normalized spacial score (nSPS) is 33.6. The maximum absolute atomic E-state index is 5.94. The first-order valence-corrected chi connectivity index (χ1v) is 6.71. The second-order valence-electron chi connectivity index (χ2n) is 5.88. The Morgan fingerprint density at radius 2 is 2.38 bits per heavy atom. The smallest absolute Gasteiger partial charge is 0.133 e. The fraction of sp³-hybridized carbons (Fsp3) is 0.750. The van der Waals surface area contributed by atoms with Gasteiger partial charge in [-0.25, -0.2) is 4.98 Å². The zero-order valence-electron chi connectivity index (χ0n) is 10.0. The van der Waals surface area contributed by atoms with Gasteiger partial charge in [-0.2, -0.15) is 0 Å². The lowest BCUT2D eigenvalue weighted by molar-refractivity contribution is -0.00988. The predicted octanol–water partition coefficient (Wildman–Crippen LogP) is 2.03. The van der Waals surface area contributed by atoms with Crippen molar-refractivity contribution in [1.29, 1.82) is 0 Å². The van der Waals surface area contributed by atoms with Gasteiger partial charge < -0.3 is 10.1 Å².